The standard InChI is InChI=1S/C20H21ClN2O3/c1-2-14-5-3-4-6-17(14)26-13-18(24)22-23-19(25)20(11-12-20)15-7-9-16(21)10-8-15/h3-10H,2,11-13H2,1H3,(H,22,24)(H,23,25). The number of carbonyl (C=O) groups excluding carboxylic acids is 2. The van der Waals surface area contributed by atoms with Gasteiger partial charge in [-0.25, -0.2) is 0 Å². The molecule has 6 heteroatoms. The van der Waals surface area contributed by atoms with Crippen molar-refractivity contribution >= 4 is 23.4 Å². The summed E-state index contributed by atoms with van der Waals surface area (Å²) in [5.41, 5.74) is 6.30. The number of amides is 2. The predicted octanol–water partition coefficient (Wildman–Crippen LogP) is 3.16. The quantitative estimate of drug-likeness (QED) is 0.765. The van der Waals surface area contributed by atoms with E-state index in [1.165, 1.54) is 0 Å². The minimum Gasteiger partial charge on any atom is -0.483 e. The van der Waals surface area contributed by atoms with Crippen molar-refractivity contribution in [3.63, 3.8) is 0 Å². The summed E-state index contributed by atoms with van der Waals surface area (Å²) in [5, 5.41) is 0.628. The molecule has 0 aliphatic heterocycles. The molecule has 0 atom stereocenters. The summed E-state index contributed by atoms with van der Waals surface area (Å²) in [4.78, 5) is 24.5. The minimum absolute atomic E-state index is 0.161. The zero-order valence-electron chi connectivity index (χ0n) is 14.5. The Morgan fingerprint density at radius 2 is 1.77 bits per heavy atom. The highest BCUT2D eigenvalue weighted by Gasteiger charge is 2.51. The van der Waals surface area contributed by atoms with Crippen molar-refractivity contribution in [1.82, 2.24) is 10.9 Å². The van der Waals surface area contributed by atoms with Crippen molar-refractivity contribution in [2.75, 3.05) is 6.61 Å². The molecule has 0 aromatic heterocycles. The van der Waals surface area contributed by atoms with Crippen LogP contribution in [0.3, 0.4) is 0 Å². The topological polar surface area (TPSA) is 67.4 Å². The summed E-state index contributed by atoms with van der Waals surface area (Å²) in [6.07, 6.45) is 2.31. The summed E-state index contributed by atoms with van der Waals surface area (Å²) in [6, 6.07) is 14.8. The molecule has 2 aromatic rings. The van der Waals surface area contributed by atoms with Crippen LogP contribution in [0, 0.1) is 0 Å². The molecule has 5 nitrogen and oxygen atoms in total. The number of rotatable bonds is 6. The third-order valence-electron chi connectivity index (χ3n) is 4.61. The van der Waals surface area contributed by atoms with Gasteiger partial charge in [-0.2, -0.15) is 0 Å². The molecule has 0 heterocycles. The number of carbonyl (C=O) groups is 2. The van der Waals surface area contributed by atoms with Gasteiger partial charge in [-0.15, -0.1) is 0 Å². The van der Waals surface area contributed by atoms with Gasteiger partial charge in [0.25, 0.3) is 5.91 Å². The molecule has 136 valence electrons. The average molecular weight is 373 g/mol. The lowest BCUT2D eigenvalue weighted by atomic mass is 9.95. The van der Waals surface area contributed by atoms with Gasteiger partial charge < -0.3 is 4.74 Å². The number of nitrogens with one attached hydrogen (secondary N) is 2. The zero-order chi connectivity index (χ0) is 18.6. The van der Waals surface area contributed by atoms with Gasteiger partial charge in [0.05, 0.1) is 5.41 Å². The Morgan fingerprint density at radius 3 is 2.42 bits per heavy atom. The maximum atomic E-state index is 12.5. The van der Waals surface area contributed by atoms with Crippen LogP contribution in [0.4, 0.5) is 0 Å². The molecule has 0 spiro atoms. The lowest BCUT2D eigenvalue weighted by Gasteiger charge is -2.16. The van der Waals surface area contributed by atoms with Gasteiger partial charge in [0.15, 0.2) is 6.61 Å². The third-order valence-corrected chi connectivity index (χ3v) is 4.86. The van der Waals surface area contributed by atoms with Gasteiger partial charge in [0.2, 0.25) is 5.91 Å². The normalized spacial score (nSPS) is 14.4. The first-order valence-electron chi connectivity index (χ1n) is 8.61. The van der Waals surface area contributed by atoms with Crippen LogP contribution < -0.4 is 15.6 Å². The van der Waals surface area contributed by atoms with Crippen LogP contribution in [0.2, 0.25) is 5.02 Å². The SMILES string of the molecule is CCc1ccccc1OCC(=O)NNC(=O)C1(c2ccc(Cl)cc2)CC1. The highest BCUT2D eigenvalue weighted by atomic mass is 35.5. The van der Waals surface area contributed by atoms with Crippen molar-refractivity contribution in [1.29, 1.82) is 0 Å². The molecule has 0 unspecified atom stereocenters. The molecule has 2 N–H and O–H groups in total. The summed E-state index contributed by atoms with van der Waals surface area (Å²) >= 11 is 5.90. The Labute approximate surface area is 157 Å². The molecular formula is C20H21ClN2O3. The molecule has 1 aliphatic rings. The number of halogens is 1. The van der Waals surface area contributed by atoms with E-state index in [2.05, 4.69) is 10.9 Å². The maximum Gasteiger partial charge on any atom is 0.276 e. The van der Waals surface area contributed by atoms with E-state index in [1.807, 2.05) is 43.3 Å². The number of para-hydroxylation sites is 1. The summed E-state index contributed by atoms with van der Waals surface area (Å²) in [7, 11) is 0. The first-order chi connectivity index (χ1) is 12.5. The van der Waals surface area contributed by atoms with E-state index in [1.54, 1.807) is 12.1 Å². The fraction of sp³-hybridized carbons (Fsp3) is 0.300. The fourth-order valence-electron chi connectivity index (χ4n) is 2.90. The minimum atomic E-state index is -0.576. The number of hydrogen-bond acceptors (Lipinski definition) is 3. The van der Waals surface area contributed by atoms with Crippen LogP contribution >= 0.6 is 11.6 Å². The van der Waals surface area contributed by atoms with E-state index < -0.39 is 11.3 Å². The van der Waals surface area contributed by atoms with Crippen molar-refractivity contribution in [3.8, 4) is 5.75 Å². The van der Waals surface area contributed by atoms with Crippen LogP contribution in [0.25, 0.3) is 0 Å². The number of aryl methyl sites for hydroxylation is 1. The van der Waals surface area contributed by atoms with Gasteiger partial charge >= 0.3 is 0 Å². The van der Waals surface area contributed by atoms with Crippen LogP contribution in [0.15, 0.2) is 48.5 Å². The second kappa shape index (κ2) is 7.79. The molecule has 3 rings (SSSR count). The van der Waals surface area contributed by atoms with Crippen molar-refractivity contribution in [2.24, 2.45) is 0 Å². The third kappa shape index (κ3) is 3.99. The summed E-state index contributed by atoms with van der Waals surface area (Å²) in [6.45, 7) is 1.86. The average Bonchev–Trinajstić information content (AvgIpc) is 3.47. The molecule has 0 radical (unpaired) electrons. The first kappa shape index (κ1) is 18.3. The van der Waals surface area contributed by atoms with Gasteiger partial charge in [0.1, 0.15) is 5.75 Å². The Kier molecular flexibility index (Phi) is 5.47. The van der Waals surface area contributed by atoms with Crippen LogP contribution in [0.5, 0.6) is 5.75 Å². The van der Waals surface area contributed by atoms with E-state index >= 15 is 0 Å². The van der Waals surface area contributed by atoms with Gasteiger partial charge in [-0.1, -0.05) is 48.9 Å². The molecule has 0 bridgehead atoms. The molecule has 2 aromatic carbocycles. The monoisotopic (exact) mass is 372 g/mol. The number of benzene rings is 2. The van der Waals surface area contributed by atoms with Gasteiger partial charge in [0, 0.05) is 5.02 Å². The van der Waals surface area contributed by atoms with E-state index in [9.17, 15) is 9.59 Å². The van der Waals surface area contributed by atoms with E-state index in [0.29, 0.717) is 10.8 Å². The fourth-order valence-corrected chi connectivity index (χ4v) is 3.03. The summed E-state index contributed by atoms with van der Waals surface area (Å²) in [5.74, 6) is 0.0506. The smallest absolute Gasteiger partial charge is 0.276 e. The number of ether oxygens (including phenoxy) is 1. The van der Waals surface area contributed by atoms with E-state index in [0.717, 1.165) is 30.4 Å². The second-order valence-corrected chi connectivity index (χ2v) is 6.78. The second-order valence-electron chi connectivity index (χ2n) is 6.34. The van der Waals surface area contributed by atoms with Crippen molar-refractivity contribution in [3.05, 3.63) is 64.7 Å². The van der Waals surface area contributed by atoms with E-state index in [4.69, 9.17) is 16.3 Å². The Morgan fingerprint density at radius 1 is 1.08 bits per heavy atom. The van der Waals surface area contributed by atoms with Crippen molar-refractivity contribution < 1.29 is 14.3 Å². The van der Waals surface area contributed by atoms with E-state index in [-0.39, 0.29) is 12.5 Å². The summed E-state index contributed by atoms with van der Waals surface area (Å²) < 4.78 is 5.54. The number of hydrogen-bond donors (Lipinski definition) is 2. The molecule has 1 aliphatic carbocycles. The Hall–Kier alpha value is -2.53. The lowest BCUT2D eigenvalue weighted by Crippen LogP contribution is -2.48. The maximum absolute atomic E-state index is 12.5. The largest absolute Gasteiger partial charge is 0.483 e. The molecule has 2 amide bonds. The van der Waals surface area contributed by atoms with Gasteiger partial charge in [-0.3, -0.25) is 20.4 Å². The molecular weight excluding hydrogens is 352 g/mol. The highest BCUT2D eigenvalue weighted by Crippen LogP contribution is 2.48. The Balaban J connectivity index is 1.51. The Bertz CT molecular complexity index is 801. The van der Waals surface area contributed by atoms with Gasteiger partial charge in [-0.05, 0) is 48.6 Å². The lowest BCUT2D eigenvalue weighted by molar-refractivity contribution is -0.131. The van der Waals surface area contributed by atoms with Crippen LogP contribution in [-0.2, 0) is 21.4 Å². The highest BCUT2D eigenvalue weighted by molar-refractivity contribution is 6.30. The molecule has 1 saturated carbocycles. The zero-order valence-corrected chi connectivity index (χ0v) is 15.3. The predicted molar refractivity (Wildman–Crippen MR) is 100.0 cm³/mol. The molecule has 26 heavy (non-hydrogen) atoms. The van der Waals surface area contributed by atoms with Crippen LogP contribution in [-0.4, -0.2) is 18.4 Å². The van der Waals surface area contributed by atoms with Crippen molar-refractivity contribution in [2.45, 2.75) is 31.6 Å². The first-order valence-corrected chi connectivity index (χ1v) is 8.99. The molecule has 1 fully saturated rings. The molecule has 0 saturated heterocycles. The number of hydrazine groups is 1. The van der Waals surface area contributed by atoms with Crippen LogP contribution in [0.1, 0.15) is 30.9 Å².